The predicted molar refractivity (Wildman–Crippen MR) is 111 cm³/mol. The van der Waals surface area contributed by atoms with Gasteiger partial charge in [0.05, 0.1) is 16.6 Å². The highest BCUT2D eigenvalue weighted by atomic mass is 16.6. The first-order valence-corrected chi connectivity index (χ1v) is 9.87. The number of rotatable bonds is 2. The molecule has 0 spiro atoms. The number of anilines is 1. The Balaban J connectivity index is 1.61. The summed E-state index contributed by atoms with van der Waals surface area (Å²) in [6.07, 6.45) is 1.26. The summed E-state index contributed by atoms with van der Waals surface area (Å²) in [6, 6.07) is 3.86. The number of nitrogens with zero attached hydrogens (tertiary/aromatic N) is 5. The lowest BCUT2D eigenvalue weighted by Gasteiger charge is -2.36. The number of nitrogens with one attached hydrogen (secondary N) is 1. The molecule has 1 aliphatic rings. The zero-order valence-electron chi connectivity index (χ0n) is 17.2. The minimum atomic E-state index is -0.506. The Labute approximate surface area is 168 Å². The van der Waals surface area contributed by atoms with Crippen LogP contribution in [-0.2, 0) is 11.3 Å². The Hall–Kier alpha value is -3.10. The molecule has 0 radical (unpaired) electrons. The molecule has 1 amide bonds. The first kappa shape index (κ1) is 19.2. The molecule has 0 aliphatic carbocycles. The second-order valence-corrected chi connectivity index (χ2v) is 8.21. The number of fused-ring (bicyclic) bond motifs is 2. The molecule has 1 aromatic carbocycles. The molecule has 9 nitrogen and oxygen atoms in total. The molecular formula is C20H26N6O3. The minimum absolute atomic E-state index is 0.127. The largest absolute Gasteiger partial charge is 0.444 e. The number of imidazole rings is 1. The van der Waals surface area contributed by atoms with E-state index in [4.69, 9.17) is 4.74 Å². The van der Waals surface area contributed by atoms with Crippen LogP contribution in [0, 0.1) is 0 Å². The van der Waals surface area contributed by atoms with Gasteiger partial charge in [0.15, 0.2) is 0 Å². The van der Waals surface area contributed by atoms with Gasteiger partial charge in [-0.05, 0) is 39.8 Å². The number of hydrogen-bond acceptors (Lipinski definition) is 6. The van der Waals surface area contributed by atoms with Gasteiger partial charge in [0.25, 0.3) is 0 Å². The van der Waals surface area contributed by atoms with E-state index in [1.165, 1.54) is 0 Å². The molecule has 1 saturated heterocycles. The highest BCUT2D eigenvalue weighted by Crippen LogP contribution is 2.27. The first-order valence-electron chi connectivity index (χ1n) is 9.87. The van der Waals surface area contributed by atoms with Gasteiger partial charge in [-0.1, -0.05) is 0 Å². The van der Waals surface area contributed by atoms with Gasteiger partial charge < -0.3 is 19.5 Å². The van der Waals surface area contributed by atoms with E-state index in [-0.39, 0.29) is 11.8 Å². The summed E-state index contributed by atoms with van der Waals surface area (Å²) in [5, 5.41) is 0.884. The van der Waals surface area contributed by atoms with Crippen molar-refractivity contribution in [1.82, 2.24) is 24.4 Å². The summed E-state index contributed by atoms with van der Waals surface area (Å²) in [5.74, 6) is 0.811. The van der Waals surface area contributed by atoms with Crippen LogP contribution in [0.1, 0.15) is 27.7 Å². The molecule has 154 valence electrons. The van der Waals surface area contributed by atoms with Crippen LogP contribution in [0.15, 0.2) is 23.3 Å². The predicted octanol–water partition coefficient (Wildman–Crippen LogP) is 2.35. The van der Waals surface area contributed by atoms with Gasteiger partial charge in [0.1, 0.15) is 17.7 Å². The van der Waals surface area contributed by atoms with E-state index in [1.807, 2.05) is 39.8 Å². The number of carbonyl (C=O) groups is 1. The first-order chi connectivity index (χ1) is 13.8. The van der Waals surface area contributed by atoms with Gasteiger partial charge in [0.2, 0.25) is 0 Å². The third-order valence-electron chi connectivity index (χ3n) is 5.06. The maximum absolute atomic E-state index is 12.3. The van der Waals surface area contributed by atoms with E-state index in [1.54, 1.807) is 15.8 Å². The molecule has 0 unspecified atom stereocenters. The Morgan fingerprint density at radius 1 is 1.17 bits per heavy atom. The molecule has 1 fully saturated rings. The third kappa shape index (κ3) is 3.64. The molecule has 9 heteroatoms. The van der Waals surface area contributed by atoms with Crippen molar-refractivity contribution in [2.24, 2.45) is 0 Å². The fraction of sp³-hybridized carbons (Fsp3) is 0.500. The van der Waals surface area contributed by atoms with Crippen molar-refractivity contribution >= 4 is 33.8 Å². The van der Waals surface area contributed by atoms with Gasteiger partial charge in [-0.3, -0.25) is 4.57 Å². The standard InChI is InChI=1S/C20H26N6O3/c1-5-26-16-11-14-13(10-15(16)23-18(26)27)17(22-12-21-14)24-6-8-25(9-7-24)19(28)29-20(2,3)4/h10-12H,5-9H2,1-4H3,(H,23,27). The van der Waals surface area contributed by atoms with Gasteiger partial charge in [-0.2, -0.15) is 0 Å². The van der Waals surface area contributed by atoms with Crippen molar-refractivity contribution in [3.63, 3.8) is 0 Å². The number of aromatic nitrogens is 4. The lowest BCUT2D eigenvalue weighted by atomic mass is 10.2. The fourth-order valence-corrected chi connectivity index (χ4v) is 3.69. The summed E-state index contributed by atoms with van der Waals surface area (Å²) in [5.41, 5.74) is 1.77. The summed E-state index contributed by atoms with van der Waals surface area (Å²) in [7, 11) is 0. The maximum Gasteiger partial charge on any atom is 0.410 e. The zero-order chi connectivity index (χ0) is 20.8. The van der Waals surface area contributed by atoms with Crippen LogP contribution in [-0.4, -0.2) is 62.3 Å². The average molecular weight is 398 g/mol. The Morgan fingerprint density at radius 3 is 2.55 bits per heavy atom. The van der Waals surface area contributed by atoms with E-state index >= 15 is 0 Å². The third-order valence-corrected chi connectivity index (χ3v) is 5.06. The number of hydrogen-bond donors (Lipinski definition) is 1. The van der Waals surface area contributed by atoms with Crippen LogP contribution in [0.4, 0.5) is 10.6 Å². The number of carbonyl (C=O) groups excluding carboxylic acids is 1. The normalized spacial score (nSPS) is 15.3. The molecule has 29 heavy (non-hydrogen) atoms. The van der Waals surface area contributed by atoms with Crippen molar-refractivity contribution in [3.8, 4) is 0 Å². The van der Waals surface area contributed by atoms with E-state index < -0.39 is 5.60 Å². The smallest absolute Gasteiger partial charge is 0.410 e. The Kier molecular flexibility index (Phi) is 4.68. The van der Waals surface area contributed by atoms with Crippen molar-refractivity contribution < 1.29 is 9.53 Å². The van der Waals surface area contributed by atoms with Gasteiger partial charge >= 0.3 is 11.8 Å². The highest BCUT2D eigenvalue weighted by Gasteiger charge is 2.27. The number of benzene rings is 1. The molecule has 0 saturated carbocycles. The summed E-state index contributed by atoms with van der Waals surface area (Å²) in [4.78, 5) is 40.1. The number of H-pyrrole nitrogens is 1. The van der Waals surface area contributed by atoms with E-state index in [0.717, 1.165) is 27.8 Å². The molecule has 4 rings (SSSR count). The zero-order valence-corrected chi connectivity index (χ0v) is 17.2. The molecule has 1 aliphatic heterocycles. The van der Waals surface area contributed by atoms with Gasteiger partial charge in [0, 0.05) is 38.1 Å². The van der Waals surface area contributed by atoms with E-state index in [2.05, 4.69) is 19.9 Å². The number of amides is 1. The molecular weight excluding hydrogens is 372 g/mol. The van der Waals surface area contributed by atoms with Gasteiger partial charge in [-0.15, -0.1) is 0 Å². The average Bonchev–Trinajstić information content (AvgIpc) is 2.98. The molecule has 2 aromatic heterocycles. The van der Waals surface area contributed by atoms with Crippen molar-refractivity contribution in [2.45, 2.75) is 39.8 Å². The number of aromatic amines is 1. The quantitative estimate of drug-likeness (QED) is 0.712. The molecule has 3 aromatic rings. The van der Waals surface area contributed by atoms with Gasteiger partial charge in [-0.25, -0.2) is 19.6 Å². The van der Waals surface area contributed by atoms with Crippen LogP contribution in [0.25, 0.3) is 21.9 Å². The van der Waals surface area contributed by atoms with Crippen LogP contribution >= 0.6 is 0 Å². The van der Waals surface area contributed by atoms with E-state index in [9.17, 15) is 9.59 Å². The van der Waals surface area contributed by atoms with Crippen molar-refractivity contribution in [2.75, 3.05) is 31.1 Å². The number of aryl methyl sites for hydroxylation is 1. The minimum Gasteiger partial charge on any atom is -0.444 e. The van der Waals surface area contributed by atoms with Crippen molar-refractivity contribution in [3.05, 3.63) is 28.9 Å². The maximum atomic E-state index is 12.3. The SMILES string of the molecule is CCn1c(=O)[nH]c2cc3c(N4CCN(C(=O)OC(C)(C)C)CC4)ncnc3cc21. The number of ether oxygens (including phenoxy) is 1. The van der Waals surface area contributed by atoms with Crippen LogP contribution in [0.5, 0.6) is 0 Å². The summed E-state index contributed by atoms with van der Waals surface area (Å²) < 4.78 is 7.16. The van der Waals surface area contributed by atoms with E-state index in [0.29, 0.717) is 32.7 Å². The molecule has 0 atom stereocenters. The second kappa shape index (κ2) is 7.06. The highest BCUT2D eigenvalue weighted by molar-refractivity contribution is 5.98. The van der Waals surface area contributed by atoms with Crippen LogP contribution < -0.4 is 10.6 Å². The Bertz CT molecular complexity index is 1120. The summed E-state index contributed by atoms with van der Waals surface area (Å²) in [6.45, 7) is 10.5. The monoisotopic (exact) mass is 398 g/mol. The fourth-order valence-electron chi connectivity index (χ4n) is 3.69. The lowest BCUT2D eigenvalue weighted by Crippen LogP contribution is -2.50. The van der Waals surface area contributed by atoms with Crippen molar-refractivity contribution in [1.29, 1.82) is 0 Å². The second-order valence-electron chi connectivity index (χ2n) is 8.21. The molecule has 1 N–H and O–H groups in total. The number of piperazine rings is 1. The Morgan fingerprint density at radius 2 is 1.90 bits per heavy atom. The van der Waals surface area contributed by atoms with Crippen LogP contribution in [0.2, 0.25) is 0 Å². The summed E-state index contributed by atoms with van der Waals surface area (Å²) >= 11 is 0. The molecule has 3 heterocycles. The topological polar surface area (TPSA) is 96.4 Å². The lowest BCUT2D eigenvalue weighted by molar-refractivity contribution is 0.0240. The van der Waals surface area contributed by atoms with Crippen LogP contribution in [0.3, 0.4) is 0 Å². The molecule has 0 bridgehead atoms.